The van der Waals surface area contributed by atoms with E-state index in [4.69, 9.17) is 4.42 Å². The lowest BCUT2D eigenvalue weighted by atomic mass is 9.88. The number of rotatable bonds is 16. The number of ketones is 1. The van der Waals surface area contributed by atoms with Crippen LogP contribution >= 0.6 is 45.3 Å². The molecule has 0 bridgehead atoms. The molecule has 1 unspecified atom stereocenters. The second-order valence-corrected chi connectivity index (χ2v) is 14.5. The van der Waals surface area contributed by atoms with Gasteiger partial charge in [-0.05, 0) is 51.7 Å². The number of carbonyl (C=O) groups excluding carboxylic acids is 1. The van der Waals surface area contributed by atoms with Gasteiger partial charge in [0.1, 0.15) is 5.75 Å². The molecule has 5 aromatic rings. The molecule has 0 aromatic carbocycles. The zero-order valence-corrected chi connectivity index (χ0v) is 28.0. The van der Waals surface area contributed by atoms with E-state index in [0.29, 0.717) is 23.3 Å². The number of Topliss-reactive ketones (excluding diaryl/α,β-unsaturated/α-hetero) is 1. The van der Waals surface area contributed by atoms with E-state index in [-0.39, 0.29) is 17.2 Å². The van der Waals surface area contributed by atoms with Crippen LogP contribution in [0.3, 0.4) is 0 Å². The summed E-state index contributed by atoms with van der Waals surface area (Å²) in [6, 6.07) is 7.30. The van der Waals surface area contributed by atoms with Crippen LogP contribution in [-0.2, 0) is 0 Å². The lowest BCUT2D eigenvalue weighted by Gasteiger charge is -2.16. The Labute approximate surface area is 265 Å². The highest BCUT2D eigenvalue weighted by Gasteiger charge is 2.21. The van der Waals surface area contributed by atoms with E-state index in [1.807, 2.05) is 39.7 Å². The number of hydrogen-bond acceptors (Lipinski definition) is 8. The van der Waals surface area contributed by atoms with Crippen LogP contribution in [0.1, 0.15) is 108 Å². The first-order chi connectivity index (χ1) is 20.5. The molecule has 1 N–H and O–H groups in total. The molecule has 0 saturated heterocycles. The van der Waals surface area contributed by atoms with Crippen molar-refractivity contribution in [3.8, 4) is 15.5 Å². The molecule has 0 aliphatic carbocycles. The van der Waals surface area contributed by atoms with Gasteiger partial charge in [-0.15, -0.1) is 45.3 Å². The number of hydrogen-bond donors (Lipinski definition) is 1. The molecular formula is C34H42O4S4. The molecule has 0 aliphatic heterocycles. The summed E-state index contributed by atoms with van der Waals surface area (Å²) >= 11 is 6.26. The Morgan fingerprint density at radius 2 is 1.33 bits per heavy atom. The molecule has 0 saturated carbocycles. The molecule has 0 amide bonds. The molecule has 0 aliphatic rings. The van der Waals surface area contributed by atoms with Gasteiger partial charge in [0.15, 0.2) is 11.4 Å². The fraction of sp³-hybridized carbons (Fsp3) is 0.471. The summed E-state index contributed by atoms with van der Waals surface area (Å²) in [5.41, 5.74) is 1.27. The first-order valence-electron chi connectivity index (χ1n) is 15.3. The van der Waals surface area contributed by atoms with E-state index in [1.54, 1.807) is 40.1 Å². The van der Waals surface area contributed by atoms with Gasteiger partial charge in [-0.25, -0.2) is 4.79 Å². The maximum Gasteiger partial charge on any atom is 0.345 e. The Kier molecular flexibility index (Phi) is 13.3. The Morgan fingerprint density at radius 1 is 0.738 bits per heavy atom. The third kappa shape index (κ3) is 8.88. The van der Waals surface area contributed by atoms with Crippen LogP contribution in [0.15, 0.2) is 55.0 Å². The Hall–Kier alpha value is -2.26. The highest BCUT2D eigenvalue weighted by molar-refractivity contribution is 7.25. The van der Waals surface area contributed by atoms with E-state index < -0.39 is 0 Å². The van der Waals surface area contributed by atoms with Gasteiger partial charge in [-0.1, -0.05) is 90.9 Å². The van der Waals surface area contributed by atoms with Crippen LogP contribution in [0.5, 0.6) is 5.75 Å². The van der Waals surface area contributed by atoms with Crippen molar-refractivity contribution in [1.29, 1.82) is 0 Å². The van der Waals surface area contributed by atoms with Crippen molar-refractivity contribution in [3.05, 3.63) is 61.8 Å². The average molecular weight is 643 g/mol. The molecule has 0 spiro atoms. The van der Waals surface area contributed by atoms with Gasteiger partial charge >= 0.3 is 5.63 Å². The molecule has 0 radical (unpaired) electrons. The molecule has 5 aromatic heterocycles. The van der Waals surface area contributed by atoms with Gasteiger partial charge in [-0.2, -0.15) is 0 Å². The summed E-state index contributed by atoms with van der Waals surface area (Å²) in [6.07, 6.45) is 15.9. The van der Waals surface area contributed by atoms with E-state index in [0.717, 1.165) is 24.7 Å². The summed E-state index contributed by atoms with van der Waals surface area (Å²) in [4.78, 5) is 26.3. The van der Waals surface area contributed by atoms with Crippen LogP contribution in [0.2, 0.25) is 0 Å². The molecule has 226 valence electrons. The summed E-state index contributed by atoms with van der Waals surface area (Å²) < 4.78 is 7.25. The highest BCUT2D eigenvalue weighted by atomic mass is 32.1. The predicted octanol–water partition coefficient (Wildman–Crippen LogP) is 12.2. The molecule has 0 fully saturated rings. The van der Waals surface area contributed by atoms with Crippen LogP contribution in [0.25, 0.3) is 30.1 Å². The standard InChI is InChI=1S/C25H38O2S2.C9H4O2S2/c1-3-5-7-9-10-12-14-20(13-11-8-6-4-2)19-23(27)21-15-17-28-24(21)25-22(26)16-18-29-25;10-9-5-1-3-12-7(5)8-6(11-9)2-4-13-8/h15-18,20,26H,3-14,19H2,1-2H3;1-4H. The van der Waals surface area contributed by atoms with E-state index in [9.17, 15) is 14.7 Å². The predicted molar refractivity (Wildman–Crippen MR) is 184 cm³/mol. The van der Waals surface area contributed by atoms with Gasteiger partial charge < -0.3 is 9.52 Å². The minimum atomic E-state index is -0.234. The van der Waals surface area contributed by atoms with Crippen molar-refractivity contribution < 1.29 is 14.3 Å². The minimum absolute atomic E-state index is 0.234. The lowest BCUT2D eigenvalue weighted by molar-refractivity contribution is 0.0956. The average Bonchev–Trinajstić information content (AvgIpc) is 3.79. The smallest absolute Gasteiger partial charge is 0.345 e. The third-order valence-electron chi connectivity index (χ3n) is 7.65. The van der Waals surface area contributed by atoms with Crippen molar-refractivity contribution >= 4 is 71.5 Å². The normalized spacial score (nSPS) is 12.0. The van der Waals surface area contributed by atoms with E-state index in [1.165, 1.54) is 88.4 Å². The van der Waals surface area contributed by atoms with Gasteiger partial charge in [0.05, 0.1) is 24.5 Å². The first kappa shape index (κ1) is 32.6. The van der Waals surface area contributed by atoms with Crippen molar-refractivity contribution in [2.45, 2.75) is 97.3 Å². The molecule has 5 rings (SSSR count). The van der Waals surface area contributed by atoms with Crippen LogP contribution < -0.4 is 5.63 Å². The highest BCUT2D eigenvalue weighted by Crippen LogP contribution is 2.40. The largest absolute Gasteiger partial charge is 0.506 e. The second-order valence-electron chi connectivity index (χ2n) is 10.9. The maximum absolute atomic E-state index is 13.1. The van der Waals surface area contributed by atoms with Crippen LogP contribution in [-0.4, -0.2) is 10.9 Å². The lowest BCUT2D eigenvalue weighted by Crippen LogP contribution is -2.10. The Balaban J connectivity index is 0.000000254. The number of carbonyl (C=O) groups is 1. The zero-order valence-electron chi connectivity index (χ0n) is 24.7. The first-order valence-corrected chi connectivity index (χ1v) is 18.8. The number of fused-ring (bicyclic) bond motifs is 3. The maximum atomic E-state index is 13.1. The van der Waals surface area contributed by atoms with Gasteiger partial charge in [0, 0.05) is 12.0 Å². The number of thiophene rings is 4. The fourth-order valence-electron chi connectivity index (χ4n) is 5.31. The SMILES string of the molecule is CCCCCCCCC(CCCCCC)CC(=O)c1ccsc1-c1sccc1O.O=c1oc2ccsc2c2sccc12. The topological polar surface area (TPSA) is 67.5 Å². The van der Waals surface area contributed by atoms with Crippen molar-refractivity contribution in [1.82, 2.24) is 0 Å². The zero-order chi connectivity index (χ0) is 29.7. The summed E-state index contributed by atoms with van der Waals surface area (Å²) in [5.74, 6) is 1.03. The minimum Gasteiger partial charge on any atom is -0.506 e. The van der Waals surface area contributed by atoms with E-state index >= 15 is 0 Å². The van der Waals surface area contributed by atoms with Crippen LogP contribution in [0.4, 0.5) is 0 Å². The molecule has 5 heterocycles. The van der Waals surface area contributed by atoms with Crippen molar-refractivity contribution in [2.75, 3.05) is 0 Å². The Bertz CT molecular complexity index is 1570. The molecule has 42 heavy (non-hydrogen) atoms. The van der Waals surface area contributed by atoms with Crippen LogP contribution in [0, 0.1) is 5.92 Å². The molecule has 1 atom stereocenters. The Morgan fingerprint density at radius 3 is 2.05 bits per heavy atom. The van der Waals surface area contributed by atoms with Gasteiger partial charge in [0.25, 0.3) is 0 Å². The molecular weight excluding hydrogens is 601 g/mol. The summed E-state index contributed by atoms with van der Waals surface area (Å²) in [5, 5.41) is 18.5. The quantitative estimate of drug-likeness (QED) is 0.0859. The van der Waals surface area contributed by atoms with Gasteiger partial charge in [-0.3, -0.25) is 4.79 Å². The van der Waals surface area contributed by atoms with Crippen molar-refractivity contribution in [3.63, 3.8) is 0 Å². The summed E-state index contributed by atoms with van der Waals surface area (Å²) in [7, 11) is 0. The molecule has 4 nitrogen and oxygen atoms in total. The fourth-order valence-corrected chi connectivity index (χ4v) is 9.09. The molecule has 8 heteroatoms. The number of unbranched alkanes of at least 4 members (excludes halogenated alkanes) is 8. The van der Waals surface area contributed by atoms with E-state index in [2.05, 4.69) is 13.8 Å². The van der Waals surface area contributed by atoms with Crippen molar-refractivity contribution in [2.24, 2.45) is 5.92 Å². The summed E-state index contributed by atoms with van der Waals surface area (Å²) in [6.45, 7) is 4.50. The second kappa shape index (κ2) is 17.1. The third-order valence-corrected chi connectivity index (χ3v) is 11.6. The monoisotopic (exact) mass is 642 g/mol. The number of aromatic hydroxyl groups is 1. The van der Waals surface area contributed by atoms with Gasteiger partial charge in [0.2, 0.25) is 0 Å².